The third-order valence-corrected chi connectivity index (χ3v) is 5.13. The Morgan fingerprint density at radius 2 is 1.81 bits per heavy atom. The van der Waals surface area contributed by atoms with Gasteiger partial charge in [0.2, 0.25) is 10.0 Å². The van der Waals surface area contributed by atoms with Crippen molar-refractivity contribution in [3.63, 3.8) is 0 Å². The quantitative estimate of drug-likeness (QED) is 0.602. The van der Waals surface area contributed by atoms with Gasteiger partial charge >= 0.3 is 0 Å². The maximum Gasteiger partial charge on any atom is 0.258 e. The predicted molar refractivity (Wildman–Crippen MR) is 102 cm³/mol. The van der Waals surface area contributed by atoms with Gasteiger partial charge < -0.3 is 14.8 Å². The number of amides is 1. The molecule has 0 aliphatic heterocycles. The number of carbonyl (C=O) groups excluding carboxylic acids is 1. The number of hydrogen-bond donors (Lipinski definition) is 2. The van der Waals surface area contributed by atoms with Gasteiger partial charge in [-0.3, -0.25) is 4.79 Å². The van der Waals surface area contributed by atoms with E-state index in [4.69, 9.17) is 9.47 Å². The fraction of sp³-hybridized carbons (Fsp3) is 0.316. The third-order valence-electron chi connectivity index (χ3n) is 3.59. The van der Waals surface area contributed by atoms with Crippen LogP contribution in [0.25, 0.3) is 0 Å². The van der Waals surface area contributed by atoms with Crippen molar-refractivity contribution in [1.29, 1.82) is 0 Å². The number of aryl methyl sites for hydroxylation is 1. The Hall–Kier alpha value is -2.58. The van der Waals surface area contributed by atoms with Crippen LogP contribution in [0.2, 0.25) is 0 Å². The van der Waals surface area contributed by atoms with Crippen LogP contribution in [0.15, 0.2) is 53.4 Å². The Labute approximate surface area is 159 Å². The summed E-state index contributed by atoms with van der Waals surface area (Å²) in [6.07, 6.45) is 0. The van der Waals surface area contributed by atoms with Crippen molar-refractivity contribution in [3.05, 3.63) is 54.1 Å². The second-order valence-electron chi connectivity index (χ2n) is 5.73. The molecule has 2 rings (SSSR count). The van der Waals surface area contributed by atoms with Crippen molar-refractivity contribution >= 4 is 15.9 Å². The molecule has 146 valence electrons. The molecule has 0 saturated carbocycles. The summed E-state index contributed by atoms with van der Waals surface area (Å²) in [5.41, 5.74) is 0.702. The van der Waals surface area contributed by atoms with Gasteiger partial charge in [-0.2, -0.15) is 0 Å². The van der Waals surface area contributed by atoms with E-state index in [0.29, 0.717) is 30.2 Å². The van der Waals surface area contributed by atoms with E-state index < -0.39 is 10.0 Å². The topological polar surface area (TPSA) is 93.7 Å². The molecule has 1 amide bonds. The standard InChI is InChI=1S/C19H24N2O5S/c1-3-21-27(23,24)17-9-10-18(15(2)13-17)25-12-11-20-19(22)14-26-16-7-5-4-6-8-16/h4-10,13,21H,3,11-12,14H2,1-2H3,(H,20,22). The fourth-order valence-corrected chi connectivity index (χ4v) is 3.42. The number of rotatable bonds is 10. The number of nitrogens with one attached hydrogen (secondary N) is 2. The van der Waals surface area contributed by atoms with E-state index >= 15 is 0 Å². The third kappa shape index (κ3) is 6.58. The van der Waals surface area contributed by atoms with Crippen LogP contribution in [-0.2, 0) is 14.8 Å². The average molecular weight is 392 g/mol. The molecule has 0 radical (unpaired) electrons. The number of benzene rings is 2. The van der Waals surface area contributed by atoms with E-state index in [-0.39, 0.29) is 24.0 Å². The average Bonchev–Trinajstić information content (AvgIpc) is 2.65. The van der Waals surface area contributed by atoms with Crippen molar-refractivity contribution in [3.8, 4) is 11.5 Å². The zero-order valence-electron chi connectivity index (χ0n) is 15.4. The molecule has 2 aromatic carbocycles. The number of ether oxygens (including phenoxy) is 2. The molecule has 0 atom stereocenters. The number of sulfonamides is 1. The van der Waals surface area contributed by atoms with Crippen molar-refractivity contribution in [2.45, 2.75) is 18.7 Å². The van der Waals surface area contributed by atoms with Gasteiger partial charge in [-0.25, -0.2) is 13.1 Å². The summed E-state index contributed by atoms with van der Waals surface area (Å²) in [7, 11) is -3.49. The Kier molecular flexibility index (Phi) is 7.63. The maximum atomic E-state index is 12.0. The first-order valence-electron chi connectivity index (χ1n) is 8.60. The van der Waals surface area contributed by atoms with Gasteiger partial charge in [-0.1, -0.05) is 25.1 Å². The molecule has 0 saturated heterocycles. The second-order valence-corrected chi connectivity index (χ2v) is 7.50. The highest BCUT2D eigenvalue weighted by Crippen LogP contribution is 2.21. The summed E-state index contributed by atoms with van der Waals surface area (Å²) in [5, 5.41) is 2.70. The number of carbonyl (C=O) groups is 1. The van der Waals surface area contributed by atoms with E-state index in [1.807, 2.05) is 18.2 Å². The van der Waals surface area contributed by atoms with Gasteiger partial charge in [0.1, 0.15) is 18.1 Å². The molecule has 0 bridgehead atoms. The number of para-hydroxylation sites is 1. The van der Waals surface area contributed by atoms with Crippen LogP contribution in [0.5, 0.6) is 11.5 Å². The van der Waals surface area contributed by atoms with Gasteiger partial charge in [0, 0.05) is 6.54 Å². The molecule has 0 unspecified atom stereocenters. The molecule has 27 heavy (non-hydrogen) atoms. The van der Waals surface area contributed by atoms with Crippen LogP contribution >= 0.6 is 0 Å². The summed E-state index contributed by atoms with van der Waals surface area (Å²) >= 11 is 0. The smallest absolute Gasteiger partial charge is 0.258 e. The lowest BCUT2D eigenvalue weighted by Crippen LogP contribution is -2.32. The Bertz CT molecular complexity index is 854. The number of hydrogen-bond acceptors (Lipinski definition) is 5. The summed E-state index contributed by atoms with van der Waals surface area (Å²) in [5.74, 6) is 0.957. The van der Waals surface area contributed by atoms with Crippen molar-refractivity contribution < 1.29 is 22.7 Å². The van der Waals surface area contributed by atoms with Crippen molar-refractivity contribution in [1.82, 2.24) is 10.0 Å². The molecule has 0 aliphatic carbocycles. The first kappa shape index (κ1) is 20.7. The van der Waals surface area contributed by atoms with Crippen LogP contribution in [0.1, 0.15) is 12.5 Å². The molecule has 0 heterocycles. The predicted octanol–water partition coefficient (Wildman–Crippen LogP) is 1.87. The van der Waals surface area contributed by atoms with Gasteiger partial charge in [0.05, 0.1) is 11.4 Å². The van der Waals surface area contributed by atoms with E-state index in [0.717, 1.165) is 0 Å². The molecule has 0 aromatic heterocycles. The van der Waals surface area contributed by atoms with E-state index in [9.17, 15) is 13.2 Å². The Morgan fingerprint density at radius 1 is 1.07 bits per heavy atom. The Balaban J connectivity index is 1.76. The second kappa shape index (κ2) is 9.94. The minimum Gasteiger partial charge on any atom is -0.491 e. The zero-order chi connectivity index (χ0) is 19.7. The molecule has 7 nitrogen and oxygen atoms in total. The lowest BCUT2D eigenvalue weighted by atomic mass is 10.2. The monoisotopic (exact) mass is 392 g/mol. The normalized spacial score (nSPS) is 11.0. The SMILES string of the molecule is CCNS(=O)(=O)c1ccc(OCCNC(=O)COc2ccccc2)c(C)c1. The van der Waals surface area contributed by atoms with E-state index in [1.165, 1.54) is 6.07 Å². The minimum atomic E-state index is -3.49. The summed E-state index contributed by atoms with van der Waals surface area (Å²) in [6.45, 7) is 4.33. The molecule has 0 aliphatic rings. The zero-order valence-corrected chi connectivity index (χ0v) is 16.2. The van der Waals surface area contributed by atoms with Crippen LogP contribution in [0.3, 0.4) is 0 Å². The molecule has 0 spiro atoms. The lowest BCUT2D eigenvalue weighted by molar-refractivity contribution is -0.123. The molecule has 8 heteroatoms. The summed E-state index contributed by atoms with van der Waals surface area (Å²) in [4.78, 5) is 11.9. The lowest BCUT2D eigenvalue weighted by Gasteiger charge is -2.12. The maximum absolute atomic E-state index is 12.0. The summed E-state index contributed by atoms with van der Waals surface area (Å²) < 4.78 is 37.4. The minimum absolute atomic E-state index is 0.0694. The molecule has 2 N–H and O–H groups in total. The first-order valence-corrected chi connectivity index (χ1v) is 10.1. The highest BCUT2D eigenvalue weighted by Gasteiger charge is 2.14. The largest absolute Gasteiger partial charge is 0.491 e. The van der Waals surface area contributed by atoms with Gasteiger partial charge in [0.25, 0.3) is 5.91 Å². The van der Waals surface area contributed by atoms with Crippen LogP contribution in [-0.4, -0.2) is 40.6 Å². The van der Waals surface area contributed by atoms with Crippen LogP contribution in [0.4, 0.5) is 0 Å². The van der Waals surface area contributed by atoms with E-state index in [1.54, 1.807) is 38.1 Å². The fourth-order valence-electron chi connectivity index (χ4n) is 2.29. The molecule has 0 fully saturated rings. The van der Waals surface area contributed by atoms with Crippen molar-refractivity contribution in [2.24, 2.45) is 0 Å². The van der Waals surface area contributed by atoms with Crippen LogP contribution < -0.4 is 19.5 Å². The molecular formula is C19H24N2O5S. The van der Waals surface area contributed by atoms with E-state index in [2.05, 4.69) is 10.0 Å². The van der Waals surface area contributed by atoms with Crippen LogP contribution in [0, 0.1) is 6.92 Å². The highest BCUT2D eigenvalue weighted by atomic mass is 32.2. The highest BCUT2D eigenvalue weighted by molar-refractivity contribution is 7.89. The van der Waals surface area contributed by atoms with Gasteiger partial charge in [-0.05, 0) is 42.8 Å². The summed E-state index contributed by atoms with van der Waals surface area (Å²) in [6, 6.07) is 13.7. The van der Waals surface area contributed by atoms with Gasteiger partial charge in [-0.15, -0.1) is 0 Å². The molecular weight excluding hydrogens is 368 g/mol. The first-order chi connectivity index (χ1) is 12.9. The Morgan fingerprint density at radius 3 is 2.48 bits per heavy atom. The van der Waals surface area contributed by atoms with Gasteiger partial charge in [0.15, 0.2) is 6.61 Å². The molecule has 2 aromatic rings. The van der Waals surface area contributed by atoms with Crippen molar-refractivity contribution in [2.75, 3.05) is 26.3 Å².